The Morgan fingerprint density at radius 1 is 1.15 bits per heavy atom. The van der Waals surface area contributed by atoms with Gasteiger partial charge >= 0.3 is 0 Å². The first kappa shape index (κ1) is 16.0. The van der Waals surface area contributed by atoms with E-state index in [2.05, 4.69) is 35.3 Å². The van der Waals surface area contributed by atoms with Crippen LogP contribution in [-0.4, -0.2) is 21.2 Å². The standard InChI is InChI=1S/C22H20N4O/c1-13-21-20(22(23)27)24-12-26(21)18-10-9-16(14-7-8-14)11-17(18)19(25-13)15-5-3-2-4-6-15/h2-6,9-14H,7-8H2,1H3,(H2,23,27)/t13-/m1/s1. The average molecular weight is 356 g/mol. The van der Waals surface area contributed by atoms with Gasteiger partial charge in [-0.3, -0.25) is 14.4 Å². The molecule has 1 saturated carbocycles. The van der Waals surface area contributed by atoms with E-state index in [9.17, 15) is 4.79 Å². The lowest BCUT2D eigenvalue weighted by atomic mass is 9.97. The number of hydrogen-bond acceptors (Lipinski definition) is 3. The Bertz CT molecular complexity index is 1080. The topological polar surface area (TPSA) is 73.3 Å². The highest BCUT2D eigenvalue weighted by molar-refractivity contribution is 6.15. The summed E-state index contributed by atoms with van der Waals surface area (Å²) in [5.41, 5.74) is 12.0. The molecule has 0 bridgehead atoms. The molecule has 2 heterocycles. The Hall–Kier alpha value is -3.21. The highest BCUT2D eigenvalue weighted by Crippen LogP contribution is 2.42. The zero-order chi connectivity index (χ0) is 18.5. The van der Waals surface area contributed by atoms with Crippen LogP contribution in [0.1, 0.15) is 64.6 Å². The molecule has 1 aromatic heterocycles. The van der Waals surface area contributed by atoms with E-state index in [1.165, 1.54) is 18.4 Å². The molecular formula is C22H20N4O. The number of hydrogen-bond donors (Lipinski definition) is 1. The van der Waals surface area contributed by atoms with E-state index in [1.54, 1.807) is 6.33 Å². The lowest BCUT2D eigenvalue weighted by Crippen LogP contribution is -2.15. The first-order valence-corrected chi connectivity index (χ1v) is 9.28. The summed E-state index contributed by atoms with van der Waals surface area (Å²) in [6.45, 7) is 1.98. The Labute approximate surface area is 157 Å². The number of carbonyl (C=O) groups is 1. The summed E-state index contributed by atoms with van der Waals surface area (Å²) < 4.78 is 1.97. The SMILES string of the molecule is C[C@H]1N=C(c2ccccc2)c2cc(C3CC3)ccc2-n2cnc(C(N)=O)c21. The van der Waals surface area contributed by atoms with Gasteiger partial charge in [0.05, 0.1) is 23.1 Å². The summed E-state index contributed by atoms with van der Waals surface area (Å²) in [7, 11) is 0. The maximum atomic E-state index is 11.9. The molecule has 1 fully saturated rings. The third kappa shape index (κ3) is 2.58. The molecule has 1 amide bonds. The molecule has 134 valence electrons. The van der Waals surface area contributed by atoms with Gasteiger partial charge in [0, 0.05) is 11.1 Å². The van der Waals surface area contributed by atoms with Gasteiger partial charge in [0.2, 0.25) is 0 Å². The van der Waals surface area contributed by atoms with E-state index < -0.39 is 5.91 Å². The normalized spacial score (nSPS) is 18.3. The van der Waals surface area contributed by atoms with Crippen molar-refractivity contribution in [2.24, 2.45) is 10.7 Å². The summed E-state index contributed by atoms with van der Waals surface area (Å²) >= 11 is 0. The van der Waals surface area contributed by atoms with E-state index in [0.29, 0.717) is 5.92 Å². The molecule has 0 spiro atoms. The van der Waals surface area contributed by atoms with Crippen LogP contribution in [0.4, 0.5) is 0 Å². The highest BCUT2D eigenvalue weighted by atomic mass is 16.1. The number of primary amides is 1. The van der Waals surface area contributed by atoms with E-state index >= 15 is 0 Å². The van der Waals surface area contributed by atoms with E-state index in [1.807, 2.05) is 29.7 Å². The summed E-state index contributed by atoms with van der Waals surface area (Å²) in [6.07, 6.45) is 4.18. The highest BCUT2D eigenvalue weighted by Gasteiger charge is 2.30. The first-order chi connectivity index (χ1) is 13.1. The molecule has 2 aliphatic rings. The molecule has 3 aromatic rings. The van der Waals surface area contributed by atoms with E-state index in [0.717, 1.165) is 28.2 Å². The van der Waals surface area contributed by atoms with Gasteiger partial charge in [0.1, 0.15) is 6.33 Å². The second kappa shape index (κ2) is 5.91. The second-order valence-corrected chi connectivity index (χ2v) is 7.28. The number of aromatic nitrogens is 2. The fourth-order valence-corrected chi connectivity index (χ4v) is 3.91. The van der Waals surface area contributed by atoms with Gasteiger partial charge in [-0.2, -0.15) is 0 Å². The Balaban J connectivity index is 1.80. The summed E-state index contributed by atoms with van der Waals surface area (Å²) in [5.74, 6) is 0.126. The summed E-state index contributed by atoms with van der Waals surface area (Å²) in [5, 5.41) is 0. The lowest BCUT2D eigenvalue weighted by molar-refractivity contribution is 0.0994. The second-order valence-electron chi connectivity index (χ2n) is 7.28. The van der Waals surface area contributed by atoms with Crippen LogP contribution < -0.4 is 5.73 Å². The van der Waals surface area contributed by atoms with Crippen molar-refractivity contribution < 1.29 is 4.79 Å². The average Bonchev–Trinajstić information content (AvgIpc) is 3.45. The number of aliphatic imine (C=N–C) groups is 1. The van der Waals surface area contributed by atoms with Crippen LogP contribution >= 0.6 is 0 Å². The molecule has 27 heavy (non-hydrogen) atoms. The van der Waals surface area contributed by atoms with Crippen molar-refractivity contribution in [1.29, 1.82) is 0 Å². The molecule has 1 atom stereocenters. The van der Waals surface area contributed by atoms with Crippen molar-refractivity contribution >= 4 is 11.6 Å². The van der Waals surface area contributed by atoms with Crippen LogP contribution in [0.5, 0.6) is 0 Å². The molecule has 5 rings (SSSR count). The molecule has 1 aliphatic heterocycles. The minimum Gasteiger partial charge on any atom is -0.364 e. The van der Waals surface area contributed by atoms with Gasteiger partial charge < -0.3 is 5.73 Å². The molecule has 0 unspecified atom stereocenters. The predicted molar refractivity (Wildman–Crippen MR) is 105 cm³/mol. The quantitative estimate of drug-likeness (QED) is 0.776. The molecule has 2 N–H and O–H groups in total. The minimum absolute atomic E-state index is 0.234. The molecule has 5 nitrogen and oxygen atoms in total. The third-order valence-corrected chi connectivity index (χ3v) is 5.39. The molecule has 0 saturated heterocycles. The predicted octanol–water partition coefficient (Wildman–Crippen LogP) is 3.76. The van der Waals surface area contributed by atoms with Crippen molar-refractivity contribution in [1.82, 2.24) is 9.55 Å². The number of rotatable bonds is 3. The van der Waals surface area contributed by atoms with Gasteiger partial charge in [-0.05, 0) is 43.4 Å². The zero-order valence-electron chi connectivity index (χ0n) is 15.1. The fourth-order valence-electron chi connectivity index (χ4n) is 3.91. The van der Waals surface area contributed by atoms with Gasteiger partial charge in [-0.15, -0.1) is 0 Å². The van der Waals surface area contributed by atoms with E-state index in [-0.39, 0.29) is 11.7 Å². The molecule has 1 aliphatic carbocycles. The van der Waals surface area contributed by atoms with Gasteiger partial charge in [-0.1, -0.05) is 36.4 Å². The Morgan fingerprint density at radius 2 is 1.93 bits per heavy atom. The van der Waals surface area contributed by atoms with Crippen LogP contribution in [0, 0.1) is 0 Å². The van der Waals surface area contributed by atoms with Gasteiger partial charge in [-0.25, -0.2) is 4.98 Å². The molecule has 5 heteroatoms. The van der Waals surface area contributed by atoms with E-state index in [4.69, 9.17) is 10.7 Å². The number of imidazole rings is 1. The number of nitrogens with zero attached hydrogens (tertiary/aromatic N) is 3. The van der Waals surface area contributed by atoms with Crippen LogP contribution in [0.25, 0.3) is 5.69 Å². The molecular weight excluding hydrogens is 336 g/mol. The maximum Gasteiger partial charge on any atom is 0.269 e. The minimum atomic E-state index is -0.523. The van der Waals surface area contributed by atoms with Crippen molar-refractivity contribution in [2.45, 2.75) is 31.7 Å². The summed E-state index contributed by atoms with van der Waals surface area (Å²) in [6, 6.07) is 16.5. The first-order valence-electron chi connectivity index (χ1n) is 9.28. The number of fused-ring (bicyclic) bond motifs is 3. The number of benzene rings is 2. The molecule has 2 aromatic carbocycles. The zero-order valence-corrected chi connectivity index (χ0v) is 15.1. The largest absolute Gasteiger partial charge is 0.364 e. The fraction of sp³-hybridized carbons (Fsp3) is 0.227. The smallest absolute Gasteiger partial charge is 0.269 e. The van der Waals surface area contributed by atoms with Crippen LogP contribution in [0.15, 0.2) is 59.9 Å². The monoisotopic (exact) mass is 356 g/mol. The van der Waals surface area contributed by atoms with Crippen molar-refractivity contribution in [2.75, 3.05) is 0 Å². The lowest BCUT2D eigenvalue weighted by Gasteiger charge is -2.13. The Morgan fingerprint density at radius 3 is 2.63 bits per heavy atom. The van der Waals surface area contributed by atoms with Crippen LogP contribution in [-0.2, 0) is 0 Å². The van der Waals surface area contributed by atoms with Crippen LogP contribution in [0.2, 0.25) is 0 Å². The molecule has 0 radical (unpaired) electrons. The number of nitrogens with two attached hydrogens (primary N) is 1. The van der Waals surface area contributed by atoms with Gasteiger partial charge in [0.15, 0.2) is 5.69 Å². The Kier molecular flexibility index (Phi) is 3.50. The third-order valence-electron chi connectivity index (χ3n) is 5.39. The van der Waals surface area contributed by atoms with Crippen LogP contribution in [0.3, 0.4) is 0 Å². The van der Waals surface area contributed by atoms with Gasteiger partial charge in [0.25, 0.3) is 5.91 Å². The summed E-state index contributed by atoms with van der Waals surface area (Å²) in [4.78, 5) is 21.2. The van der Waals surface area contributed by atoms with Crippen molar-refractivity contribution in [3.8, 4) is 5.69 Å². The number of amides is 1. The van der Waals surface area contributed by atoms with Crippen molar-refractivity contribution in [3.63, 3.8) is 0 Å². The maximum absolute atomic E-state index is 11.9. The van der Waals surface area contributed by atoms with Crippen molar-refractivity contribution in [3.05, 3.63) is 82.9 Å². The number of carbonyl (C=O) groups excluding carboxylic acids is 1.